The Balaban J connectivity index is 1.40. The Morgan fingerprint density at radius 1 is 1.18 bits per heavy atom. The van der Waals surface area contributed by atoms with E-state index < -0.39 is 6.03 Å². The van der Waals surface area contributed by atoms with Gasteiger partial charge in [0.15, 0.2) is 5.13 Å². The average molecular weight is 417 g/mol. The Labute approximate surface area is 169 Å². The van der Waals surface area contributed by atoms with Gasteiger partial charge in [-0.2, -0.15) is 0 Å². The van der Waals surface area contributed by atoms with Gasteiger partial charge in [0, 0.05) is 6.54 Å². The van der Waals surface area contributed by atoms with Crippen LogP contribution >= 0.6 is 22.9 Å². The number of amides is 3. The molecule has 0 saturated heterocycles. The molecule has 3 amide bonds. The van der Waals surface area contributed by atoms with Crippen molar-refractivity contribution in [2.24, 2.45) is 0 Å². The second-order valence-electron chi connectivity index (χ2n) is 6.14. The van der Waals surface area contributed by atoms with Gasteiger partial charge in [-0.25, -0.2) is 14.2 Å². The predicted octanol–water partition coefficient (Wildman–Crippen LogP) is 4.74. The lowest BCUT2D eigenvalue weighted by molar-refractivity contribution is 0.0762. The van der Waals surface area contributed by atoms with Crippen LogP contribution < -0.4 is 10.6 Å². The van der Waals surface area contributed by atoms with Crippen molar-refractivity contribution < 1.29 is 14.0 Å². The molecule has 0 aliphatic carbocycles. The van der Waals surface area contributed by atoms with Crippen LogP contribution in [0.3, 0.4) is 0 Å². The van der Waals surface area contributed by atoms with Crippen molar-refractivity contribution in [3.05, 3.63) is 75.5 Å². The molecule has 1 aromatic heterocycles. The van der Waals surface area contributed by atoms with Crippen LogP contribution in [0.25, 0.3) is 0 Å². The molecule has 28 heavy (non-hydrogen) atoms. The van der Waals surface area contributed by atoms with Gasteiger partial charge in [0.25, 0.3) is 5.91 Å². The maximum atomic E-state index is 13.0. The van der Waals surface area contributed by atoms with E-state index in [2.05, 4.69) is 15.6 Å². The number of hydrogen-bond acceptors (Lipinski definition) is 4. The molecule has 6 nitrogen and oxygen atoms in total. The smallest absolute Gasteiger partial charge is 0.325 e. The zero-order valence-electron chi connectivity index (χ0n) is 14.4. The molecule has 2 N–H and O–H groups in total. The van der Waals surface area contributed by atoms with Crippen molar-refractivity contribution in [1.82, 2.24) is 9.88 Å². The fraction of sp³-hybridized carbons (Fsp3) is 0.105. The standard InChI is InChI=1S/C19H14ClFN4O2S/c20-13-3-1-2-4-14(13)22-18(27)24-19-23-16-15(28-19)10-25(17(16)26)9-11-5-7-12(21)8-6-11/h1-8H,9-10H2,(H2,22,23,24,27). The molecular weight excluding hydrogens is 403 g/mol. The second kappa shape index (κ2) is 7.57. The minimum atomic E-state index is -0.490. The molecule has 0 radical (unpaired) electrons. The molecule has 0 atom stereocenters. The summed E-state index contributed by atoms with van der Waals surface area (Å²) in [6.45, 7) is 0.773. The highest BCUT2D eigenvalue weighted by Crippen LogP contribution is 2.32. The number of anilines is 2. The topological polar surface area (TPSA) is 74.3 Å². The second-order valence-corrected chi connectivity index (χ2v) is 7.63. The minimum Gasteiger partial charge on any atom is -0.328 e. The van der Waals surface area contributed by atoms with Gasteiger partial charge in [0.2, 0.25) is 0 Å². The summed E-state index contributed by atoms with van der Waals surface area (Å²) < 4.78 is 13.0. The number of carbonyl (C=O) groups excluding carboxylic acids is 2. The first-order valence-electron chi connectivity index (χ1n) is 8.35. The van der Waals surface area contributed by atoms with Crippen molar-refractivity contribution in [2.45, 2.75) is 13.1 Å². The molecule has 9 heteroatoms. The molecule has 142 valence electrons. The quantitative estimate of drug-likeness (QED) is 0.645. The number of aromatic nitrogens is 1. The Hall–Kier alpha value is -2.97. The number of rotatable bonds is 4. The predicted molar refractivity (Wildman–Crippen MR) is 106 cm³/mol. The van der Waals surface area contributed by atoms with E-state index in [1.807, 2.05) is 0 Å². The highest BCUT2D eigenvalue weighted by atomic mass is 35.5. The van der Waals surface area contributed by atoms with E-state index in [0.29, 0.717) is 34.6 Å². The van der Waals surface area contributed by atoms with Gasteiger partial charge in [-0.15, -0.1) is 0 Å². The lowest BCUT2D eigenvalue weighted by Crippen LogP contribution is -2.24. The summed E-state index contributed by atoms with van der Waals surface area (Å²) in [6.07, 6.45) is 0. The molecule has 1 aliphatic heterocycles. The molecule has 0 spiro atoms. The van der Waals surface area contributed by atoms with Crippen LogP contribution in [0.2, 0.25) is 5.02 Å². The molecule has 0 saturated carbocycles. The summed E-state index contributed by atoms with van der Waals surface area (Å²) in [5.74, 6) is -0.529. The van der Waals surface area contributed by atoms with Crippen LogP contribution in [0.5, 0.6) is 0 Å². The number of para-hydroxylation sites is 1. The summed E-state index contributed by atoms with van der Waals surface area (Å²) in [5.41, 5.74) is 1.65. The largest absolute Gasteiger partial charge is 0.328 e. The average Bonchev–Trinajstić information content (AvgIpc) is 3.18. The molecule has 2 heterocycles. The van der Waals surface area contributed by atoms with Crippen LogP contribution in [0.4, 0.5) is 20.0 Å². The third kappa shape index (κ3) is 3.83. The van der Waals surface area contributed by atoms with Crippen molar-refractivity contribution in [3.8, 4) is 0 Å². The summed E-state index contributed by atoms with van der Waals surface area (Å²) in [4.78, 5) is 31.3. The maximum absolute atomic E-state index is 13.0. The number of urea groups is 1. The first-order valence-corrected chi connectivity index (χ1v) is 9.55. The van der Waals surface area contributed by atoms with Crippen LogP contribution in [-0.4, -0.2) is 21.8 Å². The molecule has 0 bridgehead atoms. The van der Waals surface area contributed by atoms with Crippen LogP contribution in [-0.2, 0) is 13.1 Å². The van der Waals surface area contributed by atoms with Crippen molar-refractivity contribution >= 4 is 45.7 Å². The number of nitrogens with zero attached hydrogens (tertiary/aromatic N) is 2. The molecule has 3 aromatic rings. The molecule has 0 unspecified atom stereocenters. The number of thiazole rings is 1. The fourth-order valence-electron chi connectivity index (χ4n) is 2.83. The van der Waals surface area contributed by atoms with E-state index >= 15 is 0 Å². The Kier molecular flexibility index (Phi) is 4.97. The van der Waals surface area contributed by atoms with Gasteiger partial charge in [-0.05, 0) is 29.8 Å². The maximum Gasteiger partial charge on any atom is 0.325 e. The van der Waals surface area contributed by atoms with E-state index in [1.54, 1.807) is 41.3 Å². The van der Waals surface area contributed by atoms with Crippen molar-refractivity contribution in [2.75, 3.05) is 10.6 Å². The lowest BCUT2D eigenvalue weighted by Gasteiger charge is -2.15. The van der Waals surface area contributed by atoms with E-state index in [0.717, 1.165) is 10.4 Å². The first-order chi connectivity index (χ1) is 13.5. The zero-order valence-corrected chi connectivity index (χ0v) is 16.0. The minimum absolute atomic E-state index is 0.213. The van der Waals surface area contributed by atoms with Gasteiger partial charge in [0.05, 0.1) is 22.1 Å². The van der Waals surface area contributed by atoms with Crippen molar-refractivity contribution in [1.29, 1.82) is 0 Å². The monoisotopic (exact) mass is 416 g/mol. The number of nitrogens with one attached hydrogen (secondary N) is 2. The third-order valence-corrected chi connectivity index (χ3v) is 5.44. The number of fused-ring (bicyclic) bond motifs is 1. The van der Waals surface area contributed by atoms with Gasteiger partial charge in [0.1, 0.15) is 11.5 Å². The number of halogens is 2. The van der Waals surface area contributed by atoms with Crippen molar-refractivity contribution in [3.63, 3.8) is 0 Å². The Bertz CT molecular complexity index is 1050. The zero-order chi connectivity index (χ0) is 19.7. The fourth-order valence-corrected chi connectivity index (χ4v) is 3.97. The molecule has 4 rings (SSSR count). The molecule has 0 fully saturated rings. The van der Waals surface area contributed by atoms with E-state index in [4.69, 9.17) is 11.6 Å². The van der Waals surface area contributed by atoms with E-state index in [1.165, 1.54) is 23.5 Å². The summed E-state index contributed by atoms with van der Waals surface area (Å²) in [7, 11) is 0. The normalized spacial score (nSPS) is 12.8. The highest BCUT2D eigenvalue weighted by Gasteiger charge is 2.32. The van der Waals surface area contributed by atoms with Gasteiger partial charge in [-0.3, -0.25) is 10.1 Å². The molecule has 1 aliphatic rings. The number of hydrogen-bond donors (Lipinski definition) is 2. The van der Waals surface area contributed by atoms with E-state index in [9.17, 15) is 14.0 Å². The highest BCUT2D eigenvalue weighted by molar-refractivity contribution is 7.16. The van der Waals surface area contributed by atoms with Crippen LogP contribution in [0.1, 0.15) is 20.9 Å². The number of carbonyl (C=O) groups is 2. The summed E-state index contributed by atoms with van der Waals surface area (Å²) in [6, 6.07) is 12.4. The van der Waals surface area contributed by atoms with Gasteiger partial charge < -0.3 is 10.2 Å². The SMILES string of the molecule is O=C(Nc1nc2c(s1)CN(Cc1ccc(F)cc1)C2=O)Nc1ccccc1Cl. The lowest BCUT2D eigenvalue weighted by atomic mass is 10.2. The molecule has 2 aromatic carbocycles. The Morgan fingerprint density at radius 2 is 1.93 bits per heavy atom. The molecular formula is C19H14ClFN4O2S. The van der Waals surface area contributed by atoms with Crippen LogP contribution in [0, 0.1) is 5.82 Å². The number of benzene rings is 2. The summed E-state index contributed by atoms with van der Waals surface area (Å²) in [5, 5.41) is 6.02. The first kappa shape index (κ1) is 18.4. The van der Waals surface area contributed by atoms with E-state index in [-0.39, 0.29) is 11.7 Å². The van der Waals surface area contributed by atoms with Crippen LogP contribution in [0.15, 0.2) is 48.5 Å². The Morgan fingerprint density at radius 3 is 2.64 bits per heavy atom. The summed E-state index contributed by atoms with van der Waals surface area (Å²) >= 11 is 7.26. The third-order valence-electron chi connectivity index (χ3n) is 4.15. The van der Waals surface area contributed by atoms with Gasteiger partial charge >= 0.3 is 6.03 Å². The van der Waals surface area contributed by atoms with Gasteiger partial charge in [-0.1, -0.05) is 47.2 Å².